The number of halogens is 3. The maximum Gasteiger partial charge on any atom is 0.322 e. The Balaban J connectivity index is 1.24. The van der Waals surface area contributed by atoms with E-state index in [1.807, 2.05) is 4.90 Å². The van der Waals surface area contributed by atoms with E-state index in [0.717, 1.165) is 31.4 Å². The number of hydrogen-bond acceptors (Lipinski definition) is 9. The number of hydrogen-bond donors (Lipinski definition) is 3. The molecule has 3 aromatic rings. The number of imide groups is 1. The summed E-state index contributed by atoms with van der Waals surface area (Å²) in [6.45, 7) is 3.96. The molecular formula is C32H34ClF2N7O4. The molecular weight excluding hydrogens is 620 g/mol. The van der Waals surface area contributed by atoms with Gasteiger partial charge in [0.1, 0.15) is 41.1 Å². The molecule has 46 heavy (non-hydrogen) atoms. The first-order valence-corrected chi connectivity index (χ1v) is 16.2. The van der Waals surface area contributed by atoms with Crippen molar-refractivity contribution in [2.45, 2.75) is 68.6 Å². The highest BCUT2D eigenvalue weighted by atomic mass is 35.5. The molecule has 4 aliphatic heterocycles. The highest BCUT2D eigenvalue weighted by Gasteiger charge is 2.51. The minimum absolute atomic E-state index is 0.0100. The van der Waals surface area contributed by atoms with Crippen molar-refractivity contribution in [1.82, 2.24) is 30.5 Å². The Morgan fingerprint density at radius 1 is 1.20 bits per heavy atom. The van der Waals surface area contributed by atoms with Gasteiger partial charge in [0.05, 0.1) is 17.5 Å². The zero-order valence-electron chi connectivity index (χ0n) is 25.3. The van der Waals surface area contributed by atoms with Gasteiger partial charge in [0.15, 0.2) is 5.82 Å². The van der Waals surface area contributed by atoms with Gasteiger partial charge in [0.25, 0.3) is 5.91 Å². The van der Waals surface area contributed by atoms with Crippen LogP contribution in [0.4, 0.5) is 19.4 Å². The first kappa shape index (κ1) is 29.6. The Kier molecular flexibility index (Phi) is 6.81. The largest absolute Gasteiger partial charge is 0.508 e. The SMILES string of the molecule is C[C@@H]1C[C@@H]1c1c(Cl)cc(O)cc1-c1ncc2c(N3CCC[C@]4(C3)NC(=O)NC4=O)nc(OC[C@@]34CCCN3C[C@H](F)C4)nc2c1F. The predicted molar refractivity (Wildman–Crippen MR) is 165 cm³/mol. The number of benzene rings is 1. The van der Waals surface area contributed by atoms with Crippen LogP contribution in [0.1, 0.15) is 56.9 Å². The fourth-order valence-corrected chi connectivity index (χ4v) is 8.47. The molecule has 5 atom stereocenters. The summed E-state index contributed by atoms with van der Waals surface area (Å²) < 4.78 is 37.5. The van der Waals surface area contributed by atoms with Crippen LogP contribution in [0.5, 0.6) is 11.8 Å². The van der Waals surface area contributed by atoms with Gasteiger partial charge in [-0.25, -0.2) is 13.6 Å². The first-order valence-electron chi connectivity index (χ1n) is 15.9. The Morgan fingerprint density at radius 3 is 2.76 bits per heavy atom. The minimum Gasteiger partial charge on any atom is -0.508 e. The average Bonchev–Trinajstić information content (AvgIpc) is 3.31. The maximum atomic E-state index is 16.8. The number of urea groups is 1. The molecule has 0 bridgehead atoms. The molecule has 242 valence electrons. The number of carbonyl (C=O) groups excluding carboxylic acids is 2. The van der Waals surface area contributed by atoms with Crippen molar-refractivity contribution in [2.75, 3.05) is 37.7 Å². The van der Waals surface area contributed by atoms with E-state index in [0.29, 0.717) is 60.1 Å². The average molecular weight is 654 g/mol. The second-order valence-electron chi connectivity index (χ2n) is 13.6. The molecule has 6 heterocycles. The molecule has 5 aliphatic rings. The molecule has 1 spiro atoms. The fourth-order valence-electron chi connectivity index (χ4n) is 8.12. The van der Waals surface area contributed by atoms with Crippen molar-refractivity contribution < 1.29 is 28.2 Å². The molecule has 14 heteroatoms. The third-order valence-electron chi connectivity index (χ3n) is 10.5. The number of pyridine rings is 1. The molecule has 2 aromatic heterocycles. The minimum atomic E-state index is -1.16. The summed E-state index contributed by atoms with van der Waals surface area (Å²) in [6, 6.07) is 2.29. The Labute approximate surface area is 268 Å². The molecule has 0 unspecified atom stereocenters. The number of anilines is 1. The van der Waals surface area contributed by atoms with Gasteiger partial charge in [0.2, 0.25) is 0 Å². The van der Waals surface area contributed by atoms with E-state index < -0.39 is 35.0 Å². The molecule has 1 aromatic carbocycles. The summed E-state index contributed by atoms with van der Waals surface area (Å²) in [5.41, 5.74) is -0.568. The van der Waals surface area contributed by atoms with Crippen LogP contribution in [0.2, 0.25) is 5.02 Å². The third-order valence-corrected chi connectivity index (χ3v) is 10.8. The lowest BCUT2D eigenvalue weighted by Crippen LogP contribution is -2.58. The monoisotopic (exact) mass is 653 g/mol. The number of carbonyl (C=O) groups is 2. The van der Waals surface area contributed by atoms with Crippen LogP contribution in [-0.4, -0.2) is 86.9 Å². The van der Waals surface area contributed by atoms with Crippen LogP contribution < -0.4 is 20.3 Å². The number of aromatic nitrogens is 3. The second kappa shape index (κ2) is 10.6. The third kappa shape index (κ3) is 4.73. The number of phenols is 1. The molecule has 0 radical (unpaired) electrons. The topological polar surface area (TPSA) is 133 Å². The standard InChI is InChI=1S/C32H34ClF2N7O4/c1-16-8-19(16)23-20(9-18(43)10-22(23)33)25-24(35)26-21(12-36-25)27(41-6-3-5-32(14-41)28(44)39-29(45)40-32)38-30(37-26)46-15-31-4-2-7-42(31)13-17(34)11-31/h9-10,12,16-17,19,43H,2-8,11,13-15H2,1H3,(H2,39,40,44,45)/t16-,17-,19+,31+,32-/m1/s1. The van der Waals surface area contributed by atoms with Crippen LogP contribution in [0.25, 0.3) is 22.2 Å². The Bertz CT molecular complexity index is 1800. The van der Waals surface area contributed by atoms with Crippen molar-refractivity contribution in [3.63, 3.8) is 0 Å². The zero-order valence-corrected chi connectivity index (χ0v) is 26.0. The molecule has 1 aliphatic carbocycles. The van der Waals surface area contributed by atoms with E-state index in [2.05, 4.69) is 32.4 Å². The van der Waals surface area contributed by atoms with Gasteiger partial charge >= 0.3 is 12.0 Å². The summed E-state index contributed by atoms with van der Waals surface area (Å²) in [5, 5.41) is 16.2. The number of aromatic hydroxyl groups is 1. The lowest BCUT2D eigenvalue weighted by molar-refractivity contribution is -0.124. The zero-order chi connectivity index (χ0) is 32.0. The molecule has 11 nitrogen and oxygen atoms in total. The van der Waals surface area contributed by atoms with Crippen LogP contribution in [0, 0.1) is 11.7 Å². The number of ether oxygens (including phenoxy) is 1. The van der Waals surface area contributed by atoms with E-state index in [4.69, 9.17) is 21.3 Å². The Hall–Kier alpha value is -3.84. The van der Waals surface area contributed by atoms with Crippen molar-refractivity contribution in [3.05, 3.63) is 34.7 Å². The van der Waals surface area contributed by atoms with Gasteiger partial charge < -0.3 is 20.1 Å². The number of rotatable bonds is 6. The summed E-state index contributed by atoms with van der Waals surface area (Å²) >= 11 is 6.59. The van der Waals surface area contributed by atoms with Gasteiger partial charge in [-0.15, -0.1) is 0 Å². The molecule has 4 saturated heterocycles. The number of fused-ring (bicyclic) bond motifs is 2. The van der Waals surface area contributed by atoms with E-state index in [9.17, 15) is 19.1 Å². The van der Waals surface area contributed by atoms with Crippen molar-refractivity contribution in [2.24, 2.45) is 5.92 Å². The van der Waals surface area contributed by atoms with Crippen LogP contribution >= 0.6 is 11.6 Å². The second-order valence-corrected chi connectivity index (χ2v) is 14.0. The molecule has 8 rings (SSSR count). The van der Waals surface area contributed by atoms with Crippen molar-refractivity contribution in [1.29, 1.82) is 0 Å². The smallest absolute Gasteiger partial charge is 0.322 e. The number of nitrogens with zero attached hydrogens (tertiary/aromatic N) is 5. The van der Waals surface area contributed by atoms with E-state index in [1.54, 1.807) is 0 Å². The summed E-state index contributed by atoms with van der Waals surface area (Å²) in [4.78, 5) is 42.7. The lowest BCUT2D eigenvalue weighted by atomic mass is 9.89. The van der Waals surface area contributed by atoms with Crippen LogP contribution in [0.3, 0.4) is 0 Å². The van der Waals surface area contributed by atoms with E-state index in [1.165, 1.54) is 18.3 Å². The van der Waals surface area contributed by atoms with Crippen molar-refractivity contribution >= 4 is 40.3 Å². The van der Waals surface area contributed by atoms with Gasteiger partial charge in [-0.1, -0.05) is 18.5 Å². The number of phenolic OH excluding ortho intramolecular Hbond substituents is 1. The summed E-state index contributed by atoms with van der Waals surface area (Å²) in [6.07, 6.45) is 4.48. The molecule has 1 saturated carbocycles. The van der Waals surface area contributed by atoms with E-state index >= 15 is 4.39 Å². The quantitative estimate of drug-likeness (QED) is 0.330. The van der Waals surface area contributed by atoms with Gasteiger partial charge in [-0.05, 0) is 68.2 Å². The summed E-state index contributed by atoms with van der Waals surface area (Å²) in [5.74, 6) is -0.487. The van der Waals surface area contributed by atoms with Crippen LogP contribution in [0.15, 0.2) is 18.3 Å². The number of alkyl halides is 1. The van der Waals surface area contributed by atoms with Gasteiger partial charge in [-0.3, -0.25) is 20.0 Å². The van der Waals surface area contributed by atoms with Gasteiger partial charge in [0, 0.05) is 36.3 Å². The summed E-state index contributed by atoms with van der Waals surface area (Å²) in [7, 11) is 0. The highest BCUT2D eigenvalue weighted by Crippen LogP contribution is 2.53. The first-order chi connectivity index (χ1) is 22.1. The molecule has 5 fully saturated rings. The number of piperidine rings is 1. The van der Waals surface area contributed by atoms with E-state index in [-0.39, 0.29) is 42.0 Å². The fraction of sp³-hybridized carbons (Fsp3) is 0.531. The van der Waals surface area contributed by atoms with Crippen molar-refractivity contribution in [3.8, 4) is 23.0 Å². The number of nitrogens with one attached hydrogen (secondary N) is 2. The highest BCUT2D eigenvalue weighted by molar-refractivity contribution is 6.32. The Morgan fingerprint density at radius 2 is 2.00 bits per heavy atom. The lowest BCUT2D eigenvalue weighted by Gasteiger charge is -2.39. The molecule has 3 N–H and O–H groups in total. The molecule has 3 amide bonds. The maximum absolute atomic E-state index is 16.8. The normalized spacial score (nSPS) is 30.6. The number of amides is 3. The predicted octanol–water partition coefficient (Wildman–Crippen LogP) is 4.45. The van der Waals surface area contributed by atoms with Crippen LogP contribution in [-0.2, 0) is 4.79 Å². The van der Waals surface area contributed by atoms with Gasteiger partial charge in [-0.2, -0.15) is 9.97 Å².